The van der Waals surface area contributed by atoms with Crippen molar-refractivity contribution in [2.75, 3.05) is 18.5 Å². The third kappa shape index (κ3) is 5.46. The summed E-state index contributed by atoms with van der Waals surface area (Å²) in [5, 5.41) is 5.07. The molecule has 4 nitrogen and oxygen atoms in total. The molecule has 1 atom stereocenters. The second-order valence-electron chi connectivity index (χ2n) is 7.58. The molecule has 0 fully saturated rings. The summed E-state index contributed by atoms with van der Waals surface area (Å²) in [6.45, 7) is 11.3. The van der Waals surface area contributed by atoms with Gasteiger partial charge in [0.25, 0.3) is 5.91 Å². The van der Waals surface area contributed by atoms with Crippen molar-refractivity contribution in [3.05, 3.63) is 36.4 Å². The van der Waals surface area contributed by atoms with Crippen molar-refractivity contribution >= 4 is 22.4 Å². The maximum absolute atomic E-state index is 13.0. The van der Waals surface area contributed by atoms with Gasteiger partial charge in [0.05, 0.1) is 6.61 Å². The Labute approximate surface area is 163 Å². The molecule has 0 unspecified atom stereocenters. The summed E-state index contributed by atoms with van der Waals surface area (Å²) in [6, 6.07) is 11.9. The van der Waals surface area contributed by atoms with E-state index >= 15 is 0 Å². The first-order valence-corrected chi connectivity index (χ1v) is 10.0. The van der Waals surface area contributed by atoms with E-state index in [0.717, 1.165) is 35.1 Å². The van der Waals surface area contributed by atoms with Gasteiger partial charge in [0.1, 0.15) is 11.4 Å². The number of anilines is 1. The Balaban J connectivity index is 2.30. The van der Waals surface area contributed by atoms with Crippen molar-refractivity contribution in [1.29, 1.82) is 0 Å². The van der Waals surface area contributed by atoms with Crippen LogP contribution in [0.25, 0.3) is 10.8 Å². The van der Waals surface area contributed by atoms with Gasteiger partial charge in [-0.15, -0.1) is 0 Å². The third-order valence-electron chi connectivity index (χ3n) is 4.66. The zero-order chi connectivity index (χ0) is 19.9. The van der Waals surface area contributed by atoms with Crippen LogP contribution in [0.15, 0.2) is 36.4 Å². The van der Waals surface area contributed by atoms with Gasteiger partial charge in [-0.05, 0) is 38.3 Å². The fourth-order valence-corrected chi connectivity index (χ4v) is 3.10. The van der Waals surface area contributed by atoms with Crippen molar-refractivity contribution in [3.63, 3.8) is 0 Å². The SMILES string of the molecule is CCCC[C@](C)(OCC)C(=O)Nc1ccc(OCC(C)C)c2ccccc12. The van der Waals surface area contributed by atoms with E-state index in [4.69, 9.17) is 9.47 Å². The molecule has 0 aliphatic heterocycles. The van der Waals surface area contributed by atoms with Crippen LogP contribution >= 0.6 is 0 Å². The number of amides is 1. The lowest BCUT2D eigenvalue weighted by Gasteiger charge is -2.28. The number of unbranched alkanes of at least 4 members (excludes halogenated alkanes) is 1. The molecule has 0 spiro atoms. The van der Waals surface area contributed by atoms with Crippen molar-refractivity contribution in [2.24, 2.45) is 5.92 Å². The van der Waals surface area contributed by atoms with Crippen LogP contribution in [0.1, 0.15) is 53.9 Å². The van der Waals surface area contributed by atoms with Gasteiger partial charge in [-0.25, -0.2) is 0 Å². The minimum atomic E-state index is -0.821. The normalized spacial score (nSPS) is 13.6. The largest absolute Gasteiger partial charge is 0.493 e. The number of ether oxygens (including phenoxy) is 2. The van der Waals surface area contributed by atoms with Crippen LogP contribution in [0, 0.1) is 5.92 Å². The van der Waals surface area contributed by atoms with Gasteiger partial charge < -0.3 is 14.8 Å². The maximum Gasteiger partial charge on any atom is 0.256 e. The smallest absolute Gasteiger partial charge is 0.256 e. The minimum Gasteiger partial charge on any atom is -0.493 e. The fourth-order valence-electron chi connectivity index (χ4n) is 3.10. The van der Waals surface area contributed by atoms with E-state index in [0.29, 0.717) is 25.6 Å². The van der Waals surface area contributed by atoms with Crippen molar-refractivity contribution in [1.82, 2.24) is 0 Å². The summed E-state index contributed by atoms with van der Waals surface area (Å²) >= 11 is 0. The lowest BCUT2D eigenvalue weighted by Crippen LogP contribution is -2.42. The molecule has 0 heterocycles. The van der Waals surface area contributed by atoms with Crippen LogP contribution in [0.3, 0.4) is 0 Å². The Hall–Kier alpha value is -2.07. The van der Waals surface area contributed by atoms with E-state index in [-0.39, 0.29) is 5.91 Å². The molecule has 0 aliphatic rings. The summed E-state index contributed by atoms with van der Waals surface area (Å²) in [6.07, 6.45) is 2.68. The highest BCUT2D eigenvalue weighted by Crippen LogP contribution is 2.33. The van der Waals surface area contributed by atoms with E-state index in [2.05, 4.69) is 26.1 Å². The summed E-state index contributed by atoms with van der Waals surface area (Å²) < 4.78 is 11.8. The van der Waals surface area contributed by atoms with E-state index in [1.165, 1.54) is 0 Å². The number of benzene rings is 2. The summed E-state index contributed by atoms with van der Waals surface area (Å²) in [5.41, 5.74) is -0.0338. The molecule has 1 amide bonds. The summed E-state index contributed by atoms with van der Waals surface area (Å²) in [4.78, 5) is 13.0. The fraction of sp³-hybridized carbons (Fsp3) is 0.522. The maximum atomic E-state index is 13.0. The highest BCUT2D eigenvalue weighted by Gasteiger charge is 2.33. The molecule has 0 aliphatic carbocycles. The number of nitrogens with one attached hydrogen (secondary N) is 1. The average molecular weight is 372 g/mol. The van der Waals surface area contributed by atoms with Gasteiger partial charge >= 0.3 is 0 Å². The Bertz CT molecular complexity index is 756. The number of hydrogen-bond acceptors (Lipinski definition) is 3. The average Bonchev–Trinajstić information content (AvgIpc) is 2.65. The Kier molecular flexibility index (Phi) is 7.66. The van der Waals surface area contributed by atoms with E-state index in [9.17, 15) is 4.79 Å². The lowest BCUT2D eigenvalue weighted by molar-refractivity contribution is -0.139. The Morgan fingerprint density at radius 1 is 1.11 bits per heavy atom. The lowest BCUT2D eigenvalue weighted by atomic mass is 9.97. The number of hydrogen-bond donors (Lipinski definition) is 1. The molecule has 2 aromatic rings. The van der Waals surface area contributed by atoms with Gasteiger partial charge in [0, 0.05) is 23.1 Å². The topological polar surface area (TPSA) is 47.6 Å². The molecule has 2 rings (SSSR count). The second-order valence-corrected chi connectivity index (χ2v) is 7.58. The zero-order valence-electron chi connectivity index (χ0n) is 17.3. The van der Waals surface area contributed by atoms with E-state index < -0.39 is 5.60 Å². The molecule has 148 valence electrons. The standard InChI is InChI=1S/C23H33NO3/c1-6-8-15-23(5,27-7-2)22(25)24-20-13-14-21(26-16-17(3)4)19-12-10-9-11-18(19)20/h9-14,17H,6-8,15-16H2,1-5H3,(H,24,25)/t23-/m0/s1. The Morgan fingerprint density at radius 2 is 1.81 bits per heavy atom. The highest BCUT2D eigenvalue weighted by molar-refractivity contribution is 6.06. The van der Waals surface area contributed by atoms with Crippen LogP contribution < -0.4 is 10.1 Å². The molecular weight excluding hydrogens is 338 g/mol. The van der Waals surface area contributed by atoms with Crippen LogP contribution in [0.5, 0.6) is 5.75 Å². The molecule has 4 heteroatoms. The van der Waals surface area contributed by atoms with Crippen LogP contribution in [-0.2, 0) is 9.53 Å². The number of fused-ring (bicyclic) bond motifs is 1. The summed E-state index contributed by atoms with van der Waals surface area (Å²) in [7, 11) is 0. The predicted octanol–water partition coefficient (Wildman–Crippen LogP) is 5.80. The molecular formula is C23H33NO3. The predicted molar refractivity (Wildman–Crippen MR) is 112 cm³/mol. The molecule has 0 saturated heterocycles. The van der Waals surface area contributed by atoms with Gasteiger partial charge in [0.2, 0.25) is 0 Å². The Morgan fingerprint density at radius 3 is 2.44 bits per heavy atom. The molecule has 0 radical (unpaired) electrons. The first-order chi connectivity index (χ1) is 12.9. The van der Waals surface area contributed by atoms with Crippen LogP contribution in [-0.4, -0.2) is 24.7 Å². The summed E-state index contributed by atoms with van der Waals surface area (Å²) in [5.74, 6) is 1.20. The molecule has 1 N–H and O–H groups in total. The first kappa shape index (κ1) is 21.2. The minimum absolute atomic E-state index is 0.0983. The molecule has 0 aromatic heterocycles. The number of carbonyl (C=O) groups is 1. The van der Waals surface area contributed by atoms with Crippen LogP contribution in [0.2, 0.25) is 0 Å². The van der Waals surface area contributed by atoms with Crippen LogP contribution in [0.4, 0.5) is 5.69 Å². The number of carbonyl (C=O) groups excluding carboxylic acids is 1. The van der Waals surface area contributed by atoms with Gasteiger partial charge in [0.15, 0.2) is 0 Å². The quantitative estimate of drug-likeness (QED) is 0.574. The first-order valence-electron chi connectivity index (χ1n) is 10.0. The van der Waals surface area contributed by atoms with E-state index in [1.54, 1.807) is 0 Å². The van der Waals surface area contributed by atoms with E-state index in [1.807, 2.05) is 50.2 Å². The van der Waals surface area contributed by atoms with Gasteiger partial charge in [-0.1, -0.05) is 57.9 Å². The zero-order valence-corrected chi connectivity index (χ0v) is 17.3. The van der Waals surface area contributed by atoms with Crippen molar-refractivity contribution in [3.8, 4) is 5.75 Å². The molecule has 2 aromatic carbocycles. The van der Waals surface area contributed by atoms with Crippen molar-refractivity contribution in [2.45, 2.75) is 59.5 Å². The second kappa shape index (κ2) is 9.75. The molecule has 0 bridgehead atoms. The van der Waals surface area contributed by atoms with Gasteiger partial charge in [-0.2, -0.15) is 0 Å². The third-order valence-corrected chi connectivity index (χ3v) is 4.66. The highest BCUT2D eigenvalue weighted by atomic mass is 16.5. The molecule has 27 heavy (non-hydrogen) atoms. The van der Waals surface area contributed by atoms with Gasteiger partial charge in [-0.3, -0.25) is 4.79 Å². The van der Waals surface area contributed by atoms with Crippen molar-refractivity contribution < 1.29 is 14.3 Å². The molecule has 0 saturated carbocycles. The monoisotopic (exact) mass is 371 g/mol. The number of rotatable bonds is 10.